The van der Waals surface area contributed by atoms with E-state index in [0.717, 1.165) is 0 Å². The smallest absolute Gasteiger partial charge is 0.338 e. The Hall–Kier alpha value is -3.04. The van der Waals surface area contributed by atoms with Gasteiger partial charge in [0.1, 0.15) is 23.9 Å². The minimum absolute atomic E-state index is 0.186. The standard InChI is InChI=1S/C30H34O9/c1-14-12-28-24(34)15(2)30(38-17(4)32)19(13-29(28,39-28)25(14)36-16(3)31)21(33)22(20-23(30)27(20,5)6)37-26(35)18-10-8-7-9-11-18/h7-11,13-15,20-23,25,33H,12H2,1-6H3/t14?,15-,20?,21-,22-,23?,25+,28+,29+,30+/m1/s1. The highest BCUT2D eigenvalue weighted by Crippen LogP contribution is 2.76. The topological polar surface area (TPSA) is 129 Å². The van der Waals surface area contributed by atoms with Crippen LogP contribution in [0.1, 0.15) is 58.3 Å². The number of fused-ring (bicyclic) bond motifs is 3. The Morgan fingerprint density at radius 3 is 2.31 bits per heavy atom. The van der Waals surface area contributed by atoms with Gasteiger partial charge in [0, 0.05) is 31.3 Å². The minimum Gasteiger partial charge on any atom is -0.459 e. The fourth-order valence-corrected chi connectivity index (χ4v) is 8.43. The zero-order chi connectivity index (χ0) is 28.3. The Bertz CT molecular complexity index is 1320. The molecule has 9 nitrogen and oxygen atoms in total. The number of carbonyl (C=O) groups excluding carboxylic acids is 4. The first-order valence-electron chi connectivity index (χ1n) is 13.5. The molecule has 208 valence electrons. The third-order valence-electron chi connectivity index (χ3n) is 9.95. The summed E-state index contributed by atoms with van der Waals surface area (Å²) in [7, 11) is 0. The number of ether oxygens (including phenoxy) is 4. The molecule has 1 saturated heterocycles. The number of benzene rings is 1. The summed E-state index contributed by atoms with van der Waals surface area (Å²) < 4.78 is 24.0. The number of esters is 3. The van der Waals surface area contributed by atoms with E-state index >= 15 is 0 Å². The molecular formula is C30H34O9. The van der Waals surface area contributed by atoms with Crippen LogP contribution < -0.4 is 0 Å². The van der Waals surface area contributed by atoms with Gasteiger partial charge in [0.05, 0.1) is 11.5 Å². The van der Waals surface area contributed by atoms with Crippen LogP contribution in [-0.4, -0.2) is 63.9 Å². The van der Waals surface area contributed by atoms with Crippen molar-refractivity contribution in [3.05, 3.63) is 47.5 Å². The van der Waals surface area contributed by atoms with Gasteiger partial charge in [-0.25, -0.2) is 4.79 Å². The lowest BCUT2D eigenvalue weighted by Crippen LogP contribution is -2.58. The first kappa shape index (κ1) is 26.2. The van der Waals surface area contributed by atoms with Gasteiger partial charge in [0.2, 0.25) is 0 Å². The van der Waals surface area contributed by atoms with Crippen LogP contribution in [0.2, 0.25) is 0 Å². The highest BCUT2D eigenvalue weighted by Gasteiger charge is 2.88. The normalized spacial score (nSPS) is 44.3. The fraction of sp³-hybridized carbons (Fsp3) is 0.600. The van der Waals surface area contributed by atoms with Crippen molar-refractivity contribution in [2.45, 2.75) is 83.1 Å². The molecule has 1 aromatic rings. The van der Waals surface area contributed by atoms with Crippen LogP contribution in [0, 0.1) is 29.1 Å². The van der Waals surface area contributed by atoms with E-state index in [4.69, 9.17) is 18.9 Å². The minimum atomic E-state index is -1.47. The molecular weight excluding hydrogens is 504 g/mol. The van der Waals surface area contributed by atoms with Crippen molar-refractivity contribution in [1.82, 2.24) is 0 Å². The molecule has 1 aromatic carbocycles. The van der Waals surface area contributed by atoms with Crippen molar-refractivity contribution in [1.29, 1.82) is 0 Å². The lowest BCUT2D eigenvalue weighted by atomic mass is 9.67. The molecule has 0 spiro atoms. The predicted octanol–water partition coefficient (Wildman–Crippen LogP) is 2.79. The summed E-state index contributed by atoms with van der Waals surface area (Å²) in [6.45, 7) is 10.1. The van der Waals surface area contributed by atoms with Crippen molar-refractivity contribution >= 4 is 23.7 Å². The SMILES string of the molecule is CC(=O)O[C@H]1C(C)C[C@@]23O[C@@]12C=C1[C@@H](O)[C@H](OC(=O)c2ccccc2)C2C(C2(C)C)[C@]1(OC(C)=O)[C@H](C)C3=O. The number of Topliss-reactive ketones (excluding diaryl/α,β-unsaturated/α-hetero) is 1. The molecule has 0 aromatic heterocycles. The van der Waals surface area contributed by atoms with Crippen molar-refractivity contribution < 1.29 is 43.2 Å². The molecule has 3 unspecified atom stereocenters. The molecule has 4 fully saturated rings. The molecule has 1 aliphatic heterocycles. The number of ketones is 1. The Balaban J connectivity index is 1.51. The predicted molar refractivity (Wildman–Crippen MR) is 135 cm³/mol. The van der Waals surface area contributed by atoms with Crippen LogP contribution in [-0.2, 0) is 33.3 Å². The summed E-state index contributed by atoms with van der Waals surface area (Å²) >= 11 is 0. The first-order valence-corrected chi connectivity index (χ1v) is 13.5. The van der Waals surface area contributed by atoms with Crippen LogP contribution >= 0.6 is 0 Å². The number of carbonyl (C=O) groups is 4. The van der Waals surface area contributed by atoms with Crippen LogP contribution in [0.5, 0.6) is 0 Å². The molecule has 0 bridgehead atoms. The highest BCUT2D eigenvalue weighted by atomic mass is 16.7. The van der Waals surface area contributed by atoms with Gasteiger partial charge >= 0.3 is 17.9 Å². The van der Waals surface area contributed by atoms with Crippen molar-refractivity contribution in [3.63, 3.8) is 0 Å². The molecule has 5 aliphatic rings. The van der Waals surface area contributed by atoms with Gasteiger partial charge in [-0.3, -0.25) is 14.4 Å². The summed E-state index contributed by atoms with van der Waals surface area (Å²) in [4.78, 5) is 52.1. The molecule has 10 atom stereocenters. The Morgan fingerprint density at radius 2 is 1.69 bits per heavy atom. The maximum Gasteiger partial charge on any atom is 0.338 e. The van der Waals surface area contributed by atoms with Gasteiger partial charge < -0.3 is 24.1 Å². The van der Waals surface area contributed by atoms with Crippen LogP contribution in [0.4, 0.5) is 0 Å². The summed E-state index contributed by atoms with van der Waals surface area (Å²) in [5, 5.41) is 12.0. The second-order valence-electron chi connectivity index (χ2n) is 12.5. The van der Waals surface area contributed by atoms with E-state index in [1.807, 2.05) is 20.8 Å². The summed E-state index contributed by atoms with van der Waals surface area (Å²) in [5.74, 6) is -3.76. The van der Waals surface area contributed by atoms with E-state index in [1.165, 1.54) is 13.8 Å². The second-order valence-corrected chi connectivity index (χ2v) is 12.5. The van der Waals surface area contributed by atoms with Crippen LogP contribution in [0.25, 0.3) is 0 Å². The van der Waals surface area contributed by atoms with E-state index in [0.29, 0.717) is 12.0 Å². The van der Waals surface area contributed by atoms with Crippen LogP contribution in [0.15, 0.2) is 42.0 Å². The van der Waals surface area contributed by atoms with Crippen molar-refractivity contribution in [2.75, 3.05) is 0 Å². The number of hydrogen-bond acceptors (Lipinski definition) is 9. The zero-order valence-electron chi connectivity index (χ0n) is 22.9. The van der Waals surface area contributed by atoms with Gasteiger partial charge in [-0.2, -0.15) is 0 Å². The number of rotatable bonds is 4. The molecule has 39 heavy (non-hydrogen) atoms. The lowest BCUT2D eigenvalue weighted by Gasteiger charge is -2.46. The van der Waals surface area contributed by atoms with Crippen LogP contribution in [0.3, 0.4) is 0 Å². The average molecular weight is 539 g/mol. The van der Waals surface area contributed by atoms with E-state index in [2.05, 4.69) is 0 Å². The maximum absolute atomic E-state index is 14.3. The van der Waals surface area contributed by atoms with E-state index in [9.17, 15) is 24.3 Å². The molecule has 9 heteroatoms. The van der Waals surface area contributed by atoms with Gasteiger partial charge in [0.15, 0.2) is 17.0 Å². The Labute approximate surface area is 226 Å². The largest absolute Gasteiger partial charge is 0.459 e. The second kappa shape index (κ2) is 8.01. The number of aliphatic hydroxyl groups is 1. The fourth-order valence-electron chi connectivity index (χ4n) is 8.43. The van der Waals surface area contributed by atoms with Gasteiger partial charge in [0.25, 0.3) is 0 Å². The van der Waals surface area contributed by atoms with Gasteiger partial charge in [-0.1, -0.05) is 45.9 Å². The number of hydrogen-bond donors (Lipinski definition) is 1. The molecule has 4 aliphatic carbocycles. The number of aliphatic hydroxyl groups excluding tert-OH is 1. The maximum atomic E-state index is 14.3. The van der Waals surface area contributed by atoms with Crippen molar-refractivity contribution in [3.8, 4) is 0 Å². The van der Waals surface area contributed by atoms with Gasteiger partial charge in [-0.15, -0.1) is 0 Å². The molecule has 1 N–H and O–H groups in total. The van der Waals surface area contributed by atoms with Crippen molar-refractivity contribution in [2.24, 2.45) is 29.1 Å². The number of epoxide rings is 1. The summed E-state index contributed by atoms with van der Waals surface area (Å²) in [6, 6.07) is 8.51. The average Bonchev–Trinajstić information content (AvgIpc) is 3.67. The molecule has 3 saturated carbocycles. The highest BCUT2D eigenvalue weighted by molar-refractivity contribution is 5.98. The van der Waals surface area contributed by atoms with E-state index < -0.39 is 70.3 Å². The lowest BCUT2D eigenvalue weighted by molar-refractivity contribution is -0.173. The molecule has 6 rings (SSSR count). The first-order chi connectivity index (χ1) is 18.2. The Morgan fingerprint density at radius 1 is 1.03 bits per heavy atom. The molecule has 1 heterocycles. The zero-order valence-corrected chi connectivity index (χ0v) is 22.9. The third kappa shape index (κ3) is 3.20. The van der Waals surface area contributed by atoms with E-state index in [1.54, 1.807) is 43.3 Å². The van der Waals surface area contributed by atoms with E-state index in [-0.39, 0.29) is 23.2 Å². The third-order valence-corrected chi connectivity index (χ3v) is 9.95. The Kier molecular flexibility index (Phi) is 5.38. The summed E-state index contributed by atoms with van der Waals surface area (Å²) in [6.07, 6.45) is -1.13. The quantitative estimate of drug-likeness (QED) is 0.266. The van der Waals surface area contributed by atoms with Gasteiger partial charge in [-0.05, 0) is 36.0 Å². The monoisotopic (exact) mass is 538 g/mol. The molecule has 0 amide bonds. The molecule has 0 radical (unpaired) electrons. The summed E-state index contributed by atoms with van der Waals surface area (Å²) in [5.41, 5.74) is -3.95.